The van der Waals surface area contributed by atoms with Crippen LogP contribution in [0.5, 0.6) is 11.5 Å². The summed E-state index contributed by atoms with van der Waals surface area (Å²) < 4.78 is 33.5. The summed E-state index contributed by atoms with van der Waals surface area (Å²) >= 11 is 3.32. The van der Waals surface area contributed by atoms with E-state index in [4.69, 9.17) is 10.5 Å². The highest BCUT2D eigenvalue weighted by atomic mass is 79.9. The molecule has 0 aliphatic carbocycles. The predicted molar refractivity (Wildman–Crippen MR) is 74.6 cm³/mol. The number of halogens is 3. The third-order valence-corrected chi connectivity index (χ3v) is 3.35. The molecule has 0 unspecified atom stereocenters. The molecule has 0 atom stereocenters. The second-order valence-electron chi connectivity index (χ2n) is 4.09. The van der Waals surface area contributed by atoms with Gasteiger partial charge in [0.2, 0.25) is 0 Å². The quantitative estimate of drug-likeness (QED) is 0.694. The van der Waals surface area contributed by atoms with E-state index in [1.54, 1.807) is 6.20 Å². The van der Waals surface area contributed by atoms with E-state index < -0.39 is 17.4 Å². The lowest BCUT2D eigenvalue weighted by Crippen LogP contribution is -1.96. The summed E-state index contributed by atoms with van der Waals surface area (Å²) in [5.41, 5.74) is 5.90. The number of nitrogens with zero attached hydrogens (tertiary/aromatic N) is 1. The zero-order valence-electron chi connectivity index (χ0n) is 9.95. The van der Waals surface area contributed by atoms with Gasteiger partial charge in [-0.3, -0.25) is 0 Å². The Labute approximate surface area is 120 Å². The first-order valence-corrected chi connectivity index (χ1v) is 6.39. The second-order valence-corrected chi connectivity index (χ2v) is 4.94. The van der Waals surface area contributed by atoms with Crippen LogP contribution in [-0.4, -0.2) is 9.97 Å². The second kappa shape index (κ2) is 4.75. The van der Waals surface area contributed by atoms with Crippen molar-refractivity contribution in [2.75, 3.05) is 5.73 Å². The number of pyridine rings is 1. The topological polar surface area (TPSA) is 63.9 Å². The van der Waals surface area contributed by atoms with Crippen LogP contribution in [0, 0.1) is 11.6 Å². The number of aromatic amines is 1. The number of fused-ring (bicyclic) bond motifs is 1. The summed E-state index contributed by atoms with van der Waals surface area (Å²) in [6, 6.07) is 3.53. The fraction of sp³-hybridized carbons (Fsp3) is 0. The molecule has 0 spiro atoms. The number of H-pyrrole nitrogens is 1. The maximum absolute atomic E-state index is 13.7. The summed E-state index contributed by atoms with van der Waals surface area (Å²) in [5, 5.41) is 0.600. The number of aromatic nitrogens is 2. The van der Waals surface area contributed by atoms with E-state index in [9.17, 15) is 8.78 Å². The third kappa shape index (κ3) is 2.09. The number of hydrogen-bond acceptors (Lipinski definition) is 3. The number of benzene rings is 1. The fourth-order valence-electron chi connectivity index (χ4n) is 1.86. The summed E-state index contributed by atoms with van der Waals surface area (Å²) in [6.45, 7) is 0. The van der Waals surface area contributed by atoms with Gasteiger partial charge in [0.05, 0.1) is 5.39 Å². The largest absolute Gasteiger partial charge is 0.450 e. The highest BCUT2D eigenvalue weighted by Gasteiger charge is 2.16. The van der Waals surface area contributed by atoms with Gasteiger partial charge in [0.15, 0.2) is 17.4 Å². The number of hydrogen-bond donors (Lipinski definition) is 2. The lowest BCUT2D eigenvalue weighted by Gasteiger charge is -2.09. The number of ether oxygens (including phenoxy) is 1. The minimum absolute atomic E-state index is 0.00458. The first kappa shape index (κ1) is 12.9. The zero-order chi connectivity index (χ0) is 14.3. The standard InChI is InChI=1S/C13H8BrF2N3O/c14-7-5-19-13-11(7)10(1-2-18-13)20-12-8(15)3-6(17)4-9(12)16/h1-5H,17H2,(H,18,19). The minimum atomic E-state index is -0.862. The Morgan fingerprint density at radius 1 is 1.25 bits per heavy atom. The summed E-state index contributed by atoms with van der Waals surface area (Å²) in [5.74, 6) is -1.94. The van der Waals surface area contributed by atoms with Gasteiger partial charge >= 0.3 is 0 Å². The molecule has 0 saturated carbocycles. The highest BCUT2D eigenvalue weighted by molar-refractivity contribution is 9.10. The van der Waals surface area contributed by atoms with Gasteiger partial charge in [0, 0.05) is 34.7 Å². The monoisotopic (exact) mass is 339 g/mol. The van der Waals surface area contributed by atoms with Crippen molar-refractivity contribution in [3.8, 4) is 11.5 Å². The Hall–Kier alpha value is -2.15. The summed E-state index contributed by atoms with van der Waals surface area (Å²) in [7, 11) is 0. The van der Waals surface area contributed by atoms with Crippen LogP contribution in [0.4, 0.5) is 14.5 Å². The molecule has 1 aromatic carbocycles. The van der Waals surface area contributed by atoms with Crippen molar-refractivity contribution >= 4 is 32.7 Å². The van der Waals surface area contributed by atoms with Gasteiger partial charge in [-0.25, -0.2) is 13.8 Å². The van der Waals surface area contributed by atoms with Crippen LogP contribution in [-0.2, 0) is 0 Å². The van der Waals surface area contributed by atoms with Crippen LogP contribution in [0.25, 0.3) is 11.0 Å². The molecule has 102 valence electrons. The Bertz CT molecular complexity index is 780. The van der Waals surface area contributed by atoms with E-state index in [1.165, 1.54) is 12.3 Å². The Morgan fingerprint density at radius 3 is 2.65 bits per heavy atom. The highest BCUT2D eigenvalue weighted by Crippen LogP contribution is 2.36. The van der Waals surface area contributed by atoms with E-state index in [0.29, 0.717) is 15.5 Å². The van der Waals surface area contributed by atoms with E-state index in [0.717, 1.165) is 12.1 Å². The van der Waals surface area contributed by atoms with E-state index >= 15 is 0 Å². The molecule has 0 aliphatic heterocycles. The molecular formula is C13H8BrF2N3O. The van der Waals surface area contributed by atoms with Crippen LogP contribution in [0.3, 0.4) is 0 Å². The van der Waals surface area contributed by atoms with Crippen LogP contribution in [0.1, 0.15) is 0 Å². The van der Waals surface area contributed by atoms with Crippen LogP contribution >= 0.6 is 15.9 Å². The van der Waals surface area contributed by atoms with E-state index in [-0.39, 0.29) is 11.4 Å². The van der Waals surface area contributed by atoms with Crippen molar-refractivity contribution in [1.82, 2.24) is 9.97 Å². The lowest BCUT2D eigenvalue weighted by atomic mass is 10.2. The summed E-state index contributed by atoms with van der Waals surface area (Å²) in [6.07, 6.45) is 3.15. The first-order chi connectivity index (χ1) is 9.56. The molecule has 20 heavy (non-hydrogen) atoms. The van der Waals surface area contributed by atoms with Gasteiger partial charge < -0.3 is 15.5 Å². The van der Waals surface area contributed by atoms with Crippen molar-refractivity contribution in [1.29, 1.82) is 0 Å². The van der Waals surface area contributed by atoms with E-state index in [2.05, 4.69) is 25.9 Å². The van der Waals surface area contributed by atoms with Gasteiger partial charge in [-0.15, -0.1) is 0 Å². The predicted octanol–water partition coefficient (Wildman–Crippen LogP) is 3.98. The first-order valence-electron chi connectivity index (χ1n) is 5.60. The Kier molecular flexibility index (Phi) is 3.06. The van der Waals surface area contributed by atoms with E-state index in [1.807, 2.05) is 0 Å². The van der Waals surface area contributed by atoms with Gasteiger partial charge in [-0.2, -0.15) is 0 Å². The van der Waals surface area contributed by atoms with Crippen LogP contribution in [0.2, 0.25) is 0 Å². The minimum Gasteiger partial charge on any atom is -0.450 e. The van der Waals surface area contributed by atoms with Gasteiger partial charge in [-0.05, 0) is 22.0 Å². The normalized spacial score (nSPS) is 10.9. The average Bonchev–Trinajstić information content (AvgIpc) is 2.76. The van der Waals surface area contributed by atoms with Crippen molar-refractivity contribution in [2.45, 2.75) is 0 Å². The molecule has 0 aliphatic rings. The zero-order valence-corrected chi connectivity index (χ0v) is 11.5. The number of nitrogens with two attached hydrogens (primary N) is 1. The van der Waals surface area contributed by atoms with Gasteiger partial charge in [0.1, 0.15) is 11.4 Å². The molecule has 7 heteroatoms. The maximum atomic E-state index is 13.7. The molecule has 2 aromatic heterocycles. The van der Waals surface area contributed by atoms with Crippen molar-refractivity contribution < 1.29 is 13.5 Å². The van der Waals surface area contributed by atoms with Crippen molar-refractivity contribution in [2.24, 2.45) is 0 Å². The fourth-order valence-corrected chi connectivity index (χ4v) is 2.36. The Morgan fingerprint density at radius 2 is 1.95 bits per heavy atom. The summed E-state index contributed by atoms with van der Waals surface area (Å²) in [4.78, 5) is 7.00. The molecule has 2 heterocycles. The van der Waals surface area contributed by atoms with Gasteiger partial charge in [0.25, 0.3) is 0 Å². The molecule has 0 amide bonds. The average molecular weight is 340 g/mol. The van der Waals surface area contributed by atoms with Gasteiger partial charge in [-0.1, -0.05) is 0 Å². The smallest absolute Gasteiger partial charge is 0.198 e. The molecule has 4 nitrogen and oxygen atoms in total. The molecule has 0 bridgehead atoms. The Balaban J connectivity index is 2.12. The molecule has 3 rings (SSSR count). The van der Waals surface area contributed by atoms with Crippen molar-refractivity contribution in [3.05, 3.63) is 46.7 Å². The van der Waals surface area contributed by atoms with Crippen LogP contribution in [0.15, 0.2) is 35.1 Å². The number of nitrogen functional groups attached to an aromatic ring is 1. The number of nitrogens with one attached hydrogen (secondary N) is 1. The maximum Gasteiger partial charge on any atom is 0.198 e. The third-order valence-electron chi connectivity index (χ3n) is 2.72. The molecule has 3 N–H and O–H groups in total. The lowest BCUT2D eigenvalue weighted by molar-refractivity contribution is 0.411. The molecule has 0 fully saturated rings. The number of anilines is 1. The van der Waals surface area contributed by atoms with Crippen molar-refractivity contribution in [3.63, 3.8) is 0 Å². The molecule has 0 saturated heterocycles. The van der Waals surface area contributed by atoms with Crippen LogP contribution < -0.4 is 10.5 Å². The SMILES string of the molecule is Nc1cc(F)c(Oc2ccnc3[nH]cc(Br)c23)c(F)c1. The molecule has 0 radical (unpaired) electrons. The molecule has 3 aromatic rings. The number of rotatable bonds is 2. The molecular weight excluding hydrogens is 332 g/mol.